The van der Waals surface area contributed by atoms with Crippen molar-refractivity contribution in [2.24, 2.45) is 0 Å². The van der Waals surface area contributed by atoms with Gasteiger partial charge in [-0.1, -0.05) is 0 Å². The average molecular weight is 194 g/mol. The van der Waals surface area contributed by atoms with Crippen molar-refractivity contribution in [2.45, 2.75) is 30.7 Å². The molecule has 4 N–H and O–H groups in total. The fraction of sp³-hybridized carbons (Fsp3) is 1.00. The summed E-state index contributed by atoms with van der Waals surface area (Å²) < 4.78 is 9.48. The number of hydrogen-bond donors (Lipinski definition) is 4. The van der Waals surface area contributed by atoms with Crippen LogP contribution in [0.4, 0.5) is 0 Å². The highest BCUT2D eigenvalue weighted by Crippen LogP contribution is 2.21. The molecule has 0 saturated carbocycles. The first kappa shape index (κ1) is 10.8. The highest BCUT2D eigenvalue weighted by atomic mass is 16.6. The summed E-state index contributed by atoms with van der Waals surface area (Å²) in [5, 5.41) is 36.6. The van der Waals surface area contributed by atoms with Crippen molar-refractivity contribution in [1.29, 1.82) is 0 Å². The predicted octanol–water partition coefficient (Wildman–Crippen LogP) is -2.57. The smallest absolute Gasteiger partial charge is 0.184 e. The van der Waals surface area contributed by atoms with Gasteiger partial charge in [0.05, 0.1) is 6.61 Å². The largest absolute Gasteiger partial charge is 0.394 e. The molecule has 5 atom stereocenters. The van der Waals surface area contributed by atoms with Gasteiger partial charge in [0.25, 0.3) is 0 Å². The summed E-state index contributed by atoms with van der Waals surface area (Å²) in [7, 11) is 1.30. The molecule has 6 heteroatoms. The molecule has 1 fully saturated rings. The van der Waals surface area contributed by atoms with Gasteiger partial charge in [-0.15, -0.1) is 0 Å². The summed E-state index contributed by atoms with van der Waals surface area (Å²) in [6.45, 7) is -0.440. The van der Waals surface area contributed by atoms with E-state index < -0.39 is 37.3 Å². The topological polar surface area (TPSA) is 99.4 Å². The molecule has 1 aliphatic heterocycles. The zero-order chi connectivity index (χ0) is 10.0. The molecule has 0 radical (unpaired) electrons. The van der Waals surface area contributed by atoms with E-state index in [0.29, 0.717) is 0 Å². The van der Waals surface area contributed by atoms with E-state index in [2.05, 4.69) is 0 Å². The molecule has 78 valence electrons. The van der Waals surface area contributed by atoms with Gasteiger partial charge in [0, 0.05) is 7.11 Å². The second kappa shape index (κ2) is 4.32. The van der Waals surface area contributed by atoms with Crippen molar-refractivity contribution in [3.63, 3.8) is 0 Å². The molecule has 1 heterocycles. The van der Waals surface area contributed by atoms with Gasteiger partial charge in [-0.05, 0) is 0 Å². The van der Waals surface area contributed by atoms with Gasteiger partial charge >= 0.3 is 0 Å². The van der Waals surface area contributed by atoms with Gasteiger partial charge in [0.2, 0.25) is 0 Å². The van der Waals surface area contributed by atoms with Crippen LogP contribution in [0.3, 0.4) is 0 Å². The van der Waals surface area contributed by atoms with Crippen molar-refractivity contribution in [2.75, 3.05) is 13.7 Å². The Bertz CT molecular complexity index is 163. The number of methoxy groups -OCH3 is 1. The summed E-state index contributed by atoms with van der Waals surface area (Å²) >= 11 is 0. The van der Waals surface area contributed by atoms with Crippen LogP contribution in [0, 0.1) is 0 Å². The molecule has 0 bridgehead atoms. The van der Waals surface area contributed by atoms with Crippen LogP contribution in [0.25, 0.3) is 0 Å². The normalized spacial score (nSPS) is 46.4. The van der Waals surface area contributed by atoms with Crippen LogP contribution in [0.5, 0.6) is 0 Å². The molecule has 6 nitrogen and oxygen atoms in total. The Morgan fingerprint density at radius 1 is 1.23 bits per heavy atom. The van der Waals surface area contributed by atoms with E-state index >= 15 is 0 Å². The van der Waals surface area contributed by atoms with Gasteiger partial charge in [-0.2, -0.15) is 0 Å². The van der Waals surface area contributed by atoms with Crippen LogP contribution in [-0.4, -0.2) is 64.8 Å². The van der Waals surface area contributed by atoms with Crippen molar-refractivity contribution < 1.29 is 29.9 Å². The third kappa shape index (κ3) is 1.98. The Balaban J connectivity index is 2.69. The second-order valence-corrected chi connectivity index (χ2v) is 2.93. The van der Waals surface area contributed by atoms with E-state index in [4.69, 9.17) is 19.7 Å². The Morgan fingerprint density at radius 3 is 2.31 bits per heavy atom. The maximum atomic E-state index is 9.44. The van der Waals surface area contributed by atoms with Crippen LogP contribution >= 0.6 is 0 Å². The molecular formula is C7H14O6. The van der Waals surface area contributed by atoms with Gasteiger partial charge in [-0.25, -0.2) is 0 Å². The van der Waals surface area contributed by atoms with Gasteiger partial charge < -0.3 is 29.9 Å². The fourth-order valence-electron chi connectivity index (χ4n) is 1.35. The Kier molecular flexibility index (Phi) is 3.60. The van der Waals surface area contributed by atoms with E-state index in [9.17, 15) is 10.2 Å². The van der Waals surface area contributed by atoms with Gasteiger partial charge in [-0.3, -0.25) is 0 Å². The standard InChI is InChI=1S/C7H14O6/c1-12-6-4(9)3(2-8)13-7(11)5(6)10/h3-11H,2H2,1H3/t3-,4+,5+,6-,7?/m0/s1. The minimum atomic E-state index is -1.44. The van der Waals surface area contributed by atoms with E-state index in [1.807, 2.05) is 0 Å². The lowest BCUT2D eigenvalue weighted by Crippen LogP contribution is -2.59. The van der Waals surface area contributed by atoms with Gasteiger partial charge in [0.1, 0.15) is 24.4 Å². The minimum Gasteiger partial charge on any atom is -0.394 e. The van der Waals surface area contributed by atoms with E-state index in [-0.39, 0.29) is 0 Å². The molecule has 1 rings (SSSR count). The van der Waals surface area contributed by atoms with Crippen LogP contribution < -0.4 is 0 Å². The number of aliphatic hydroxyl groups is 4. The molecule has 1 aliphatic rings. The van der Waals surface area contributed by atoms with Crippen molar-refractivity contribution in [3.8, 4) is 0 Å². The molecule has 13 heavy (non-hydrogen) atoms. The van der Waals surface area contributed by atoms with Crippen molar-refractivity contribution in [1.82, 2.24) is 0 Å². The Labute approximate surface area is 75.3 Å². The molecule has 0 spiro atoms. The lowest BCUT2D eigenvalue weighted by atomic mass is 9.99. The Morgan fingerprint density at radius 2 is 1.85 bits per heavy atom. The summed E-state index contributed by atoms with van der Waals surface area (Å²) in [4.78, 5) is 0. The molecule has 0 aromatic heterocycles. The highest BCUT2D eigenvalue weighted by Gasteiger charge is 2.43. The van der Waals surface area contributed by atoms with Crippen LogP contribution in [0.1, 0.15) is 0 Å². The molecule has 1 unspecified atom stereocenters. The molecule has 1 saturated heterocycles. The second-order valence-electron chi connectivity index (χ2n) is 2.93. The SMILES string of the molecule is CO[C@H]1[C@H](O)[C@H](CO)OC(O)[C@@H]1O. The summed E-state index contributed by atoms with van der Waals surface area (Å²) in [6, 6.07) is 0. The lowest BCUT2D eigenvalue weighted by Gasteiger charge is -2.39. The maximum Gasteiger partial charge on any atom is 0.184 e. The fourth-order valence-corrected chi connectivity index (χ4v) is 1.35. The lowest BCUT2D eigenvalue weighted by molar-refractivity contribution is -0.290. The first-order chi connectivity index (χ1) is 6.11. The number of rotatable bonds is 2. The molecule has 0 amide bonds. The Hall–Kier alpha value is -0.240. The summed E-state index contributed by atoms with van der Waals surface area (Å²) in [6.07, 6.45) is -5.76. The van der Waals surface area contributed by atoms with Crippen molar-refractivity contribution in [3.05, 3.63) is 0 Å². The summed E-state index contributed by atoms with van der Waals surface area (Å²) in [5.41, 5.74) is 0. The molecule has 0 aliphatic carbocycles. The highest BCUT2D eigenvalue weighted by molar-refractivity contribution is 4.89. The van der Waals surface area contributed by atoms with E-state index in [1.165, 1.54) is 7.11 Å². The quantitative estimate of drug-likeness (QED) is 0.386. The number of ether oxygens (including phenoxy) is 2. The summed E-state index contributed by atoms with van der Waals surface area (Å²) in [5.74, 6) is 0. The van der Waals surface area contributed by atoms with Crippen LogP contribution in [0.2, 0.25) is 0 Å². The third-order valence-corrected chi connectivity index (χ3v) is 2.11. The van der Waals surface area contributed by atoms with E-state index in [1.54, 1.807) is 0 Å². The minimum absolute atomic E-state index is 0.440. The average Bonchev–Trinajstić information content (AvgIpc) is 2.12. The monoisotopic (exact) mass is 194 g/mol. The third-order valence-electron chi connectivity index (χ3n) is 2.11. The number of hydrogen-bond acceptors (Lipinski definition) is 6. The molecule has 0 aromatic rings. The first-order valence-corrected chi connectivity index (χ1v) is 3.95. The maximum absolute atomic E-state index is 9.44. The first-order valence-electron chi connectivity index (χ1n) is 3.95. The van der Waals surface area contributed by atoms with Crippen LogP contribution in [-0.2, 0) is 9.47 Å². The molecule has 0 aromatic carbocycles. The van der Waals surface area contributed by atoms with Gasteiger partial charge in [0.15, 0.2) is 6.29 Å². The van der Waals surface area contributed by atoms with E-state index in [0.717, 1.165) is 0 Å². The van der Waals surface area contributed by atoms with Crippen molar-refractivity contribution >= 4 is 0 Å². The predicted molar refractivity (Wildman–Crippen MR) is 40.8 cm³/mol. The zero-order valence-electron chi connectivity index (χ0n) is 7.20. The zero-order valence-corrected chi connectivity index (χ0v) is 7.20. The molecular weight excluding hydrogens is 180 g/mol. The van der Waals surface area contributed by atoms with Crippen LogP contribution in [0.15, 0.2) is 0 Å². The number of aliphatic hydroxyl groups excluding tert-OH is 4.